The van der Waals surface area contributed by atoms with E-state index in [0.717, 1.165) is 17.9 Å². The molecule has 0 aromatic carbocycles. The zero-order valence-corrected chi connectivity index (χ0v) is 11.7. The van der Waals surface area contributed by atoms with Gasteiger partial charge in [-0.15, -0.1) is 11.3 Å². The van der Waals surface area contributed by atoms with Gasteiger partial charge in [0.05, 0.1) is 12.1 Å². The molecule has 0 amide bonds. The van der Waals surface area contributed by atoms with E-state index in [-0.39, 0.29) is 0 Å². The highest BCUT2D eigenvalue weighted by molar-refractivity contribution is 7.09. The van der Waals surface area contributed by atoms with Gasteiger partial charge in [0.15, 0.2) is 0 Å². The van der Waals surface area contributed by atoms with E-state index in [1.54, 1.807) is 17.5 Å². The molecule has 2 aromatic rings. The normalized spacial score (nSPS) is 14.1. The molecule has 1 aliphatic rings. The van der Waals surface area contributed by atoms with Crippen LogP contribution in [-0.2, 0) is 6.54 Å². The molecule has 4 heteroatoms. The molecule has 1 fully saturated rings. The van der Waals surface area contributed by atoms with E-state index in [2.05, 4.69) is 33.5 Å². The second-order valence-electron chi connectivity index (χ2n) is 4.88. The molecule has 0 radical (unpaired) electrons. The van der Waals surface area contributed by atoms with Gasteiger partial charge in [-0.3, -0.25) is 0 Å². The molecular formula is C15H15N3S. The summed E-state index contributed by atoms with van der Waals surface area (Å²) < 4.78 is 0. The summed E-state index contributed by atoms with van der Waals surface area (Å²) in [6, 6.07) is 8.96. The maximum atomic E-state index is 9.36. The summed E-state index contributed by atoms with van der Waals surface area (Å²) in [6.45, 7) is 2.83. The fourth-order valence-electron chi connectivity index (χ4n) is 2.23. The topological polar surface area (TPSA) is 39.9 Å². The van der Waals surface area contributed by atoms with E-state index in [1.807, 2.05) is 13.0 Å². The smallest absolute Gasteiger partial charge is 0.147 e. The molecule has 0 N–H and O–H groups in total. The van der Waals surface area contributed by atoms with Crippen LogP contribution in [0.4, 0.5) is 5.82 Å². The van der Waals surface area contributed by atoms with E-state index in [0.29, 0.717) is 11.6 Å². The molecular weight excluding hydrogens is 254 g/mol. The van der Waals surface area contributed by atoms with Crippen molar-refractivity contribution in [3.63, 3.8) is 0 Å². The summed E-state index contributed by atoms with van der Waals surface area (Å²) in [5.41, 5.74) is 1.72. The van der Waals surface area contributed by atoms with Gasteiger partial charge in [-0.05, 0) is 42.8 Å². The number of hydrogen-bond donors (Lipinski definition) is 0. The summed E-state index contributed by atoms with van der Waals surface area (Å²) in [5, 5.41) is 11.5. The van der Waals surface area contributed by atoms with Crippen LogP contribution in [0.25, 0.3) is 0 Å². The van der Waals surface area contributed by atoms with Crippen LogP contribution in [0.1, 0.15) is 28.8 Å². The number of aromatic nitrogens is 1. The van der Waals surface area contributed by atoms with Gasteiger partial charge in [0.2, 0.25) is 0 Å². The molecule has 0 atom stereocenters. The van der Waals surface area contributed by atoms with Crippen molar-refractivity contribution in [3.05, 3.63) is 45.8 Å². The number of anilines is 1. The van der Waals surface area contributed by atoms with Crippen molar-refractivity contribution in [1.29, 1.82) is 5.26 Å². The number of hydrogen-bond acceptors (Lipinski definition) is 4. The van der Waals surface area contributed by atoms with Crippen LogP contribution < -0.4 is 4.90 Å². The molecule has 0 aliphatic heterocycles. The lowest BCUT2D eigenvalue weighted by atomic mass is 10.1. The Hall–Kier alpha value is -1.86. The fraction of sp³-hybridized carbons (Fsp3) is 0.333. The third kappa shape index (κ3) is 2.47. The van der Waals surface area contributed by atoms with Crippen LogP contribution in [0.5, 0.6) is 0 Å². The van der Waals surface area contributed by atoms with Gasteiger partial charge in [-0.1, -0.05) is 6.07 Å². The molecule has 19 heavy (non-hydrogen) atoms. The minimum absolute atomic E-state index is 0.545. The van der Waals surface area contributed by atoms with Crippen LogP contribution in [0, 0.1) is 18.3 Å². The Morgan fingerprint density at radius 1 is 1.47 bits per heavy atom. The monoisotopic (exact) mass is 269 g/mol. The molecule has 3 nitrogen and oxygen atoms in total. The van der Waals surface area contributed by atoms with Crippen LogP contribution >= 0.6 is 11.3 Å². The maximum absolute atomic E-state index is 9.36. The van der Waals surface area contributed by atoms with Gasteiger partial charge in [-0.25, -0.2) is 4.98 Å². The molecule has 96 valence electrons. The Kier molecular flexibility index (Phi) is 3.22. The first kappa shape index (κ1) is 12.2. The minimum atomic E-state index is 0.545. The molecule has 0 saturated heterocycles. The van der Waals surface area contributed by atoms with Crippen LogP contribution in [0.2, 0.25) is 0 Å². The van der Waals surface area contributed by atoms with E-state index in [9.17, 15) is 5.26 Å². The third-order valence-corrected chi connectivity index (χ3v) is 4.28. The Morgan fingerprint density at radius 3 is 2.95 bits per heavy atom. The summed E-state index contributed by atoms with van der Waals surface area (Å²) in [5.74, 6) is 0.846. The SMILES string of the molecule is Cc1ccnc(N(Cc2cccs2)C2CC2)c1C#N. The first-order valence-corrected chi connectivity index (χ1v) is 7.32. The standard InChI is InChI=1S/C15H15N3S/c1-11-6-7-17-15(14(11)9-16)18(12-4-5-12)10-13-3-2-8-19-13/h2-3,6-8,12H,4-5,10H2,1H3. The highest BCUT2D eigenvalue weighted by atomic mass is 32.1. The summed E-state index contributed by atoms with van der Waals surface area (Å²) in [4.78, 5) is 8.07. The van der Waals surface area contributed by atoms with Gasteiger partial charge in [0, 0.05) is 17.1 Å². The number of thiophene rings is 1. The molecule has 0 unspecified atom stereocenters. The van der Waals surface area contributed by atoms with Crippen LogP contribution in [0.15, 0.2) is 29.8 Å². The largest absolute Gasteiger partial charge is 0.347 e. The van der Waals surface area contributed by atoms with Crippen molar-refractivity contribution in [3.8, 4) is 6.07 Å². The zero-order valence-electron chi connectivity index (χ0n) is 10.8. The fourth-order valence-corrected chi connectivity index (χ4v) is 2.94. The third-order valence-electron chi connectivity index (χ3n) is 3.42. The van der Waals surface area contributed by atoms with Gasteiger partial charge >= 0.3 is 0 Å². The first-order chi connectivity index (χ1) is 9.29. The van der Waals surface area contributed by atoms with Crippen molar-refractivity contribution in [2.24, 2.45) is 0 Å². The predicted octanol–water partition coefficient (Wildman–Crippen LogP) is 3.49. The molecule has 2 heterocycles. The number of pyridine rings is 1. The Balaban J connectivity index is 1.97. The predicted molar refractivity (Wildman–Crippen MR) is 77.2 cm³/mol. The van der Waals surface area contributed by atoms with E-state index >= 15 is 0 Å². The molecule has 3 rings (SSSR count). The Bertz CT molecular complexity index is 609. The number of rotatable bonds is 4. The van der Waals surface area contributed by atoms with E-state index in [1.165, 1.54) is 17.7 Å². The Morgan fingerprint density at radius 2 is 2.32 bits per heavy atom. The van der Waals surface area contributed by atoms with Crippen LogP contribution in [-0.4, -0.2) is 11.0 Å². The lowest BCUT2D eigenvalue weighted by molar-refractivity contribution is 0.784. The van der Waals surface area contributed by atoms with Crippen molar-refractivity contribution in [2.75, 3.05) is 4.90 Å². The number of nitrogens with zero attached hydrogens (tertiary/aromatic N) is 3. The minimum Gasteiger partial charge on any atom is -0.347 e. The number of nitriles is 1. The van der Waals surface area contributed by atoms with Crippen LogP contribution in [0.3, 0.4) is 0 Å². The van der Waals surface area contributed by atoms with Crippen molar-refractivity contribution >= 4 is 17.2 Å². The lowest BCUT2D eigenvalue weighted by Gasteiger charge is -2.24. The molecule has 1 aliphatic carbocycles. The highest BCUT2D eigenvalue weighted by Crippen LogP contribution is 2.34. The van der Waals surface area contributed by atoms with Crippen molar-refractivity contribution in [1.82, 2.24) is 4.98 Å². The van der Waals surface area contributed by atoms with E-state index in [4.69, 9.17) is 0 Å². The van der Waals surface area contributed by atoms with E-state index < -0.39 is 0 Å². The highest BCUT2D eigenvalue weighted by Gasteiger charge is 2.31. The quantitative estimate of drug-likeness (QED) is 0.853. The van der Waals surface area contributed by atoms with Crippen molar-refractivity contribution < 1.29 is 0 Å². The van der Waals surface area contributed by atoms with Gasteiger partial charge in [-0.2, -0.15) is 5.26 Å². The average Bonchev–Trinajstić information content (AvgIpc) is 3.13. The summed E-state index contributed by atoms with van der Waals surface area (Å²) >= 11 is 1.76. The molecule has 0 bridgehead atoms. The number of aryl methyl sites for hydroxylation is 1. The Labute approximate surface area is 117 Å². The molecule has 2 aromatic heterocycles. The first-order valence-electron chi connectivity index (χ1n) is 6.44. The molecule has 0 spiro atoms. The van der Waals surface area contributed by atoms with Gasteiger partial charge in [0.25, 0.3) is 0 Å². The van der Waals surface area contributed by atoms with Gasteiger partial charge in [0.1, 0.15) is 11.9 Å². The zero-order chi connectivity index (χ0) is 13.2. The lowest BCUT2D eigenvalue weighted by Crippen LogP contribution is -2.26. The summed E-state index contributed by atoms with van der Waals surface area (Å²) in [7, 11) is 0. The molecule has 1 saturated carbocycles. The average molecular weight is 269 g/mol. The van der Waals surface area contributed by atoms with Crippen molar-refractivity contribution in [2.45, 2.75) is 32.4 Å². The summed E-state index contributed by atoms with van der Waals surface area (Å²) in [6.07, 6.45) is 4.20. The van der Waals surface area contributed by atoms with Gasteiger partial charge < -0.3 is 4.90 Å². The maximum Gasteiger partial charge on any atom is 0.147 e. The second-order valence-corrected chi connectivity index (χ2v) is 5.91. The second kappa shape index (κ2) is 5.02.